The second-order valence-corrected chi connectivity index (χ2v) is 7.33. The Kier molecular flexibility index (Phi) is 10.1. The zero-order valence-corrected chi connectivity index (χ0v) is 16.4. The molecule has 21 heavy (non-hydrogen) atoms. The Morgan fingerprint density at radius 1 is 1.29 bits per heavy atom. The van der Waals surface area contributed by atoms with E-state index in [1.807, 2.05) is 7.05 Å². The predicted molar refractivity (Wildman–Crippen MR) is 103 cm³/mol. The van der Waals surface area contributed by atoms with Gasteiger partial charge in [0, 0.05) is 31.5 Å². The highest BCUT2D eigenvalue weighted by Gasteiger charge is 2.25. The van der Waals surface area contributed by atoms with E-state index in [0.717, 1.165) is 36.9 Å². The molecule has 0 aromatic heterocycles. The van der Waals surface area contributed by atoms with Gasteiger partial charge in [0.25, 0.3) is 0 Å². The number of aliphatic imine (C=N–C) groups is 1. The van der Waals surface area contributed by atoms with Crippen molar-refractivity contribution >= 4 is 41.7 Å². The molecule has 6 heteroatoms. The fraction of sp³-hybridized carbons (Fsp3) is 0.933. The molecule has 2 saturated carbocycles. The largest absolute Gasteiger partial charge is 0.379 e. The summed E-state index contributed by atoms with van der Waals surface area (Å²) in [7, 11) is 1.84. The zero-order valence-electron chi connectivity index (χ0n) is 13.3. The Morgan fingerprint density at radius 3 is 2.76 bits per heavy atom. The molecule has 4 nitrogen and oxygen atoms in total. The van der Waals surface area contributed by atoms with Crippen molar-refractivity contribution in [1.82, 2.24) is 10.6 Å². The van der Waals surface area contributed by atoms with Crippen LogP contribution in [-0.2, 0) is 4.74 Å². The zero-order chi connectivity index (χ0) is 14.2. The Hall–Kier alpha value is 0.310. The molecule has 0 saturated heterocycles. The third kappa shape index (κ3) is 7.93. The summed E-state index contributed by atoms with van der Waals surface area (Å²) in [4.78, 5) is 4.30. The van der Waals surface area contributed by atoms with Gasteiger partial charge in [-0.05, 0) is 43.8 Å². The van der Waals surface area contributed by atoms with E-state index in [4.69, 9.17) is 4.74 Å². The lowest BCUT2D eigenvalue weighted by atomic mass is 10.2. The normalized spacial score (nSPS) is 25.5. The molecule has 0 aromatic rings. The lowest BCUT2D eigenvalue weighted by Crippen LogP contribution is -2.43. The summed E-state index contributed by atoms with van der Waals surface area (Å²) in [6.07, 6.45) is 6.57. The Morgan fingerprint density at radius 2 is 2.10 bits per heavy atom. The minimum absolute atomic E-state index is 0. The first kappa shape index (κ1) is 19.4. The van der Waals surface area contributed by atoms with Crippen LogP contribution in [-0.4, -0.2) is 49.8 Å². The van der Waals surface area contributed by atoms with Gasteiger partial charge >= 0.3 is 0 Å². The number of halogens is 1. The minimum atomic E-state index is 0. The monoisotopic (exact) mass is 427 g/mol. The van der Waals surface area contributed by atoms with Crippen molar-refractivity contribution in [3.63, 3.8) is 0 Å². The van der Waals surface area contributed by atoms with Crippen molar-refractivity contribution < 1.29 is 4.74 Å². The molecule has 0 heterocycles. The third-order valence-corrected chi connectivity index (χ3v) is 5.17. The summed E-state index contributed by atoms with van der Waals surface area (Å²) in [5.41, 5.74) is 0. The first-order valence-electron chi connectivity index (χ1n) is 7.98. The molecular formula is C15H30IN3OS. The molecule has 2 aliphatic carbocycles. The maximum Gasteiger partial charge on any atom is 0.191 e. The summed E-state index contributed by atoms with van der Waals surface area (Å²) in [5, 5.41) is 7.71. The van der Waals surface area contributed by atoms with Gasteiger partial charge in [0.2, 0.25) is 0 Å². The standard InChI is InChI=1S/C15H29N3OS.HI/c1-3-20-14-7-6-13(10-14)18-15(16-2)17-8-9-19-11-12-4-5-12;/h12-14H,3-11H2,1-2H3,(H2,16,17,18);1H. The van der Waals surface area contributed by atoms with Crippen LogP contribution in [0.25, 0.3) is 0 Å². The molecule has 2 rings (SSSR count). The van der Waals surface area contributed by atoms with E-state index in [1.165, 1.54) is 37.9 Å². The van der Waals surface area contributed by atoms with Gasteiger partial charge in [-0.3, -0.25) is 4.99 Å². The molecule has 0 amide bonds. The average molecular weight is 427 g/mol. The van der Waals surface area contributed by atoms with Crippen molar-refractivity contribution in [2.75, 3.05) is 32.6 Å². The van der Waals surface area contributed by atoms with Crippen LogP contribution in [0.2, 0.25) is 0 Å². The lowest BCUT2D eigenvalue weighted by molar-refractivity contribution is 0.129. The highest BCUT2D eigenvalue weighted by molar-refractivity contribution is 14.0. The van der Waals surface area contributed by atoms with Gasteiger partial charge in [-0.25, -0.2) is 0 Å². The number of rotatable bonds is 8. The molecular weight excluding hydrogens is 397 g/mol. The number of nitrogens with zero attached hydrogens (tertiary/aromatic N) is 1. The molecule has 2 fully saturated rings. The molecule has 0 radical (unpaired) electrons. The topological polar surface area (TPSA) is 45.7 Å². The van der Waals surface area contributed by atoms with E-state index < -0.39 is 0 Å². The van der Waals surface area contributed by atoms with Gasteiger partial charge < -0.3 is 15.4 Å². The van der Waals surface area contributed by atoms with Crippen LogP contribution >= 0.6 is 35.7 Å². The van der Waals surface area contributed by atoms with Gasteiger partial charge in [0.1, 0.15) is 0 Å². The van der Waals surface area contributed by atoms with Gasteiger partial charge in [-0.15, -0.1) is 24.0 Å². The van der Waals surface area contributed by atoms with E-state index in [1.54, 1.807) is 0 Å². The second-order valence-electron chi connectivity index (χ2n) is 5.75. The fourth-order valence-corrected chi connectivity index (χ4v) is 3.76. The fourth-order valence-electron chi connectivity index (χ4n) is 2.62. The number of nitrogens with one attached hydrogen (secondary N) is 2. The Labute approximate surface area is 150 Å². The van der Waals surface area contributed by atoms with Crippen LogP contribution in [0.4, 0.5) is 0 Å². The van der Waals surface area contributed by atoms with Gasteiger partial charge in [-0.2, -0.15) is 11.8 Å². The van der Waals surface area contributed by atoms with Crippen LogP contribution in [0, 0.1) is 5.92 Å². The van der Waals surface area contributed by atoms with Crippen LogP contribution in [0.3, 0.4) is 0 Å². The SMILES string of the molecule is CCSC1CCC(NC(=NC)NCCOCC2CC2)C1.I. The molecule has 2 atom stereocenters. The first-order chi connectivity index (χ1) is 9.81. The smallest absolute Gasteiger partial charge is 0.191 e. The summed E-state index contributed by atoms with van der Waals surface area (Å²) < 4.78 is 5.62. The van der Waals surface area contributed by atoms with E-state index >= 15 is 0 Å². The third-order valence-electron chi connectivity index (χ3n) is 3.94. The van der Waals surface area contributed by atoms with E-state index in [0.29, 0.717) is 6.04 Å². The highest BCUT2D eigenvalue weighted by Crippen LogP contribution is 2.29. The highest BCUT2D eigenvalue weighted by atomic mass is 127. The second kappa shape index (κ2) is 10.9. The average Bonchev–Trinajstić information content (AvgIpc) is 3.17. The van der Waals surface area contributed by atoms with Crippen LogP contribution in [0.1, 0.15) is 39.0 Å². The number of hydrogen-bond donors (Lipinski definition) is 2. The Balaban J connectivity index is 0.00000220. The number of hydrogen-bond acceptors (Lipinski definition) is 3. The van der Waals surface area contributed by atoms with Crippen LogP contribution in [0.15, 0.2) is 4.99 Å². The maximum absolute atomic E-state index is 5.62. The lowest BCUT2D eigenvalue weighted by Gasteiger charge is -2.17. The minimum Gasteiger partial charge on any atom is -0.379 e. The molecule has 2 N–H and O–H groups in total. The quantitative estimate of drug-likeness (QED) is 0.271. The molecule has 0 aliphatic heterocycles. The molecule has 2 unspecified atom stereocenters. The van der Waals surface area contributed by atoms with Crippen LogP contribution < -0.4 is 10.6 Å². The number of thioether (sulfide) groups is 1. The van der Waals surface area contributed by atoms with Gasteiger partial charge in [-0.1, -0.05) is 6.92 Å². The number of guanidine groups is 1. The predicted octanol–water partition coefficient (Wildman–Crippen LogP) is 2.87. The van der Waals surface area contributed by atoms with E-state index in [-0.39, 0.29) is 24.0 Å². The van der Waals surface area contributed by atoms with Crippen LogP contribution in [0.5, 0.6) is 0 Å². The molecule has 0 aromatic carbocycles. The summed E-state index contributed by atoms with van der Waals surface area (Å²) in [5.74, 6) is 2.99. The molecule has 0 spiro atoms. The van der Waals surface area contributed by atoms with Crippen molar-refractivity contribution in [3.8, 4) is 0 Å². The van der Waals surface area contributed by atoms with Gasteiger partial charge in [0.15, 0.2) is 5.96 Å². The van der Waals surface area contributed by atoms with Gasteiger partial charge in [0.05, 0.1) is 6.61 Å². The molecule has 0 bridgehead atoms. The molecule has 124 valence electrons. The number of ether oxygens (including phenoxy) is 1. The summed E-state index contributed by atoms with van der Waals surface area (Å²) in [6.45, 7) is 4.79. The summed E-state index contributed by atoms with van der Waals surface area (Å²) in [6, 6.07) is 0.581. The molecule has 2 aliphatic rings. The van der Waals surface area contributed by atoms with Crippen molar-refractivity contribution in [2.45, 2.75) is 50.3 Å². The Bertz CT molecular complexity index is 313. The first-order valence-corrected chi connectivity index (χ1v) is 9.03. The maximum atomic E-state index is 5.62. The van der Waals surface area contributed by atoms with E-state index in [2.05, 4.69) is 34.3 Å². The van der Waals surface area contributed by atoms with E-state index in [9.17, 15) is 0 Å². The van der Waals surface area contributed by atoms with Crippen molar-refractivity contribution in [1.29, 1.82) is 0 Å². The van der Waals surface area contributed by atoms with Crippen molar-refractivity contribution in [2.24, 2.45) is 10.9 Å². The van der Waals surface area contributed by atoms with Crippen molar-refractivity contribution in [3.05, 3.63) is 0 Å². The summed E-state index contributed by atoms with van der Waals surface area (Å²) >= 11 is 2.09.